The Kier molecular flexibility index (Phi) is 7.15. The number of halogens is 1. The number of aryl methyl sites for hydroxylation is 3. The second-order valence-corrected chi connectivity index (χ2v) is 9.95. The number of hydrogen-bond donors (Lipinski definition) is 1. The zero-order chi connectivity index (χ0) is 22.6. The third kappa shape index (κ3) is 5.94. The van der Waals surface area contributed by atoms with Gasteiger partial charge in [-0.15, -0.1) is 0 Å². The minimum Gasteiger partial charge on any atom is -0.325 e. The topological polar surface area (TPSA) is 66.5 Å². The SMILES string of the molecule is Cc1ccc(CN(CC(=O)Nc2cc(Cl)ccc2C)S(=O)(=O)c2ccc(C)cc2)cc1. The van der Waals surface area contributed by atoms with Crippen LogP contribution in [0.15, 0.2) is 71.6 Å². The minimum atomic E-state index is -3.89. The molecule has 1 amide bonds. The highest BCUT2D eigenvalue weighted by Gasteiger charge is 2.27. The maximum Gasteiger partial charge on any atom is 0.243 e. The molecule has 0 atom stereocenters. The first-order valence-corrected chi connectivity index (χ1v) is 11.7. The lowest BCUT2D eigenvalue weighted by Gasteiger charge is -2.22. The molecule has 31 heavy (non-hydrogen) atoms. The molecule has 5 nitrogen and oxygen atoms in total. The monoisotopic (exact) mass is 456 g/mol. The lowest BCUT2D eigenvalue weighted by atomic mass is 10.1. The van der Waals surface area contributed by atoms with Crippen molar-refractivity contribution in [3.8, 4) is 0 Å². The molecule has 7 heteroatoms. The lowest BCUT2D eigenvalue weighted by molar-refractivity contribution is -0.116. The number of amides is 1. The summed E-state index contributed by atoms with van der Waals surface area (Å²) in [6.07, 6.45) is 0. The number of carbonyl (C=O) groups is 1. The van der Waals surface area contributed by atoms with Crippen molar-refractivity contribution >= 4 is 33.2 Å². The Morgan fingerprint density at radius 3 is 2.10 bits per heavy atom. The molecule has 0 radical (unpaired) electrons. The Morgan fingerprint density at radius 2 is 1.48 bits per heavy atom. The molecular formula is C24H25ClN2O3S. The molecule has 3 rings (SSSR count). The van der Waals surface area contributed by atoms with Gasteiger partial charge in [-0.3, -0.25) is 4.79 Å². The summed E-state index contributed by atoms with van der Waals surface area (Å²) in [4.78, 5) is 13.0. The van der Waals surface area contributed by atoms with E-state index in [4.69, 9.17) is 11.6 Å². The van der Waals surface area contributed by atoms with Crippen LogP contribution in [0.4, 0.5) is 5.69 Å². The summed E-state index contributed by atoms with van der Waals surface area (Å²) in [5.74, 6) is -0.437. The highest BCUT2D eigenvalue weighted by molar-refractivity contribution is 7.89. The van der Waals surface area contributed by atoms with Crippen LogP contribution in [0.1, 0.15) is 22.3 Å². The van der Waals surface area contributed by atoms with Gasteiger partial charge in [-0.2, -0.15) is 4.31 Å². The van der Waals surface area contributed by atoms with Crippen LogP contribution < -0.4 is 5.32 Å². The van der Waals surface area contributed by atoms with E-state index in [9.17, 15) is 13.2 Å². The Balaban J connectivity index is 1.89. The van der Waals surface area contributed by atoms with Gasteiger partial charge in [0, 0.05) is 17.3 Å². The van der Waals surface area contributed by atoms with Crippen LogP contribution in [0.3, 0.4) is 0 Å². The van der Waals surface area contributed by atoms with Crippen molar-refractivity contribution < 1.29 is 13.2 Å². The summed E-state index contributed by atoms with van der Waals surface area (Å²) in [6, 6.07) is 19.4. The second-order valence-electron chi connectivity index (χ2n) is 7.58. The second kappa shape index (κ2) is 9.64. The standard InChI is InChI=1S/C24H25ClN2O3S/c1-17-4-9-20(10-5-17)15-27(31(29,30)22-12-6-18(2)7-13-22)16-24(28)26-23-14-21(25)11-8-19(23)3/h4-14H,15-16H2,1-3H3,(H,26,28). The molecule has 0 aromatic heterocycles. The Hall–Kier alpha value is -2.67. The van der Waals surface area contributed by atoms with Crippen LogP contribution in [0.5, 0.6) is 0 Å². The Morgan fingerprint density at radius 1 is 0.903 bits per heavy atom. The van der Waals surface area contributed by atoms with Crippen molar-refractivity contribution in [2.24, 2.45) is 0 Å². The van der Waals surface area contributed by atoms with E-state index in [2.05, 4.69) is 5.32 Å². The predicted octanol–water partition coefficient (Wildman–Crippen LogP) is 5.09. The summed E-state index contributed by atoms with van der Waals surface area (Å²) < 4.78 is 27.9. The van der Waals surface area contributed by atoms with Crippen LogP contribution >= 0.6 is 11.6 Å². The van der Waals surface area contributed by atoms with Gasteiger partial charge < -0.3 is 5.32 Å². The van der Waals surface area contributed by atoms with Crippen molar-refractivity contribution in [3.63, 3.8) is 0 Å². The van der Waals surface area contributed by atoms with Crippen LogP contribution in [0, 0.1) is 20.8 Å². The van der Waals surface area contributed by atoms with Gasteiger partial charge in [0.15, 0.2) is 0 Å². The summed E-state index contributed by atoms with van der Waals surface area (Å²) in [6.45, 7) is 5.46. The number of sulfonamides is 1. The summed E-state index contributed by atoms with van der Waals surface area (Å²) in [7, 11) is -3.89. The van der Waals surface area contributed by atoms with E-state index < -0.39 is 15.9 Å². The van der Waals surface area contributed by atoms with Crippen LogP contribution in [-0.4, -0.2) is 25.2 Å². The molecule has 1 N–H and O–H groups in total. The van der Waals surface area contributed by atoms with Gasteiger partial charge in [-0.1, -0.05) is 65.2 Å². The maximum absolute atomic E-state index is 13.3. The Labute approximate surface area is 188 Å². The summed E-state index contributed by atoms with van der Waals surface area (Å²) in [5.41, 5.74) is 4.22. The zero-order valence-electron chi connectivity index (χ0n) is 17.7. The summed E-state index contributed by atoms with van der Waals surface area (Å²) in [5, 5.41) is 3.27. The molecule has 0 saturated carbocycles. The largest absolute Gasteiger partial charge is 0.325 e. The molecular weight excluding hydrogens is 432 g/mol. The number of anilines is 1. The molecule has 0 saturated heterocycles. The average molecular weight is 457 g/mol. The first-order valence-electron chi connectivity index (χ1n) is 9.83. The molecule has 0 fully saturated rings. The fourth-order valence-corrected chi connectivity index (χ4v) is 4.62. The third-order valence-electron chi connectivity index (χ3n) is 4.93. The van der Waals surface area contributed by atoms with E-state index in [1.54, 1.807) is 42.5 Å². The zero-order valence-corrected chi connectivity index (χ0v) is 19.3. The van der Waals surface area contributed by atoms with Crippen LogP contribution in [0.2, 0.25) is 5.02 Å². The van der Waals surface area contributed by atoms with Crippen molar-refractivity contribution in [1.29, 1.82) is 0 Å². The molecule has 0 aliphatic carbocycles. The van der Waals surface area contributed by atoms with E-state index in [0.717, 1.165) is 22.3 Å². The van der Waals surface area contributed by atoms with Crippen molar-refractivity contribution in [2.75, 3.05) is 11.9 Å². The van der Waals surface area contributed by atoms with Gasteiger partial charge in [-0.05, 0) is 56.2 Å². The van der Waals surface area contributed by atoms with E-state index in [-0.39, 0.29) is 18.0 Å². The van der Waals surface area contributed by atoms with Gasteiger partial charge in [0.2, 0.25) is 15.9 Å². The normalized spacial score (nSPS) is 11.5. The average Bonchev–Trinajstić information content (AvgIpc) is 2.72. The molecule has 0 bridgehead atoms. The summed E-state index contributed by atoms with van der Waals surface area (Å²) >= 11 is 6.03. The van der Waals surface area contributed by atoms with E-state index in [1.807, 2.05) is 45.0 Å². The van der Waals surface area contributed by atoms with Crippen LogP contribution in [0.25, 0.3) is 0 Å². The molecule has 0 spiro atoms. The number of rotatable bonds is 7. The van der Waals surface area contributed by atoms with E-state index in [0.29, 0.717) is 10.7 Å². The van der Waals surface area contributed by atoms with Crippen molar-refractivity contribution in [3.05, 3.63) is 94.0 Å². The molecule has 162 valence electrons. The minimum absolute atomic E-state index is 0.0818. The first kappa shape index (κ1) is 23.0. The fourth-order valence-electron chi connectivity index (χ4n) is 3.06. The first-order chi connectivity index (χ1) is 14.6. The molecule has 0 aliphatic heterocycles. The molecule has 3 aromatic carbocycles. The quantitative estimate of drug-likeness (QED) is 0.538. The van der Waals surface area contributed by atoms with Crippen molar-refractivity contribution in [2.45, 2.75) is 32.2 Å². The van der Waals surface area contributed by atoms with E-state index >= 15 is 0 Å². The molecule has 0 unspecified atom stereocenters. The highest BCUT2D eigenvalue weighted by Crippen LogP contribution is 2.22. The number of nitrogens with zero attached hydrogens (tertiary/aromatic N) is 1. The molecule has 3 aromatic rings. The van der Waals surface area contributed by atoms with Gasteiger partial charge in [0.1, 0.15) is 0 Å². The highest BCUT2D eigenvalue weighted by atomic mass is 35.5. The number of nitrogens with one attached hydrogen (secondary N) is 1. The van der Waals surface area contributed by atoms with Crippen LogP contribution in [-0.2, 0) is 21.4 Å². The molecule has 0 heterocycles. The number of benzene rings is 3. The number of hydrogen-bond acceptors (Lipinski definition) is 3. The fraction of sp³-hybridized carbons (Fsp3) is 0.208. The van der Waals surface area contributed by atoms with Gasteiger partial charge in [0.05, 0.1) is 11.4 Å². The van der Waals surface area contributed by atoms with Gasteiger partial charge >= 0.3 is 0 Å². The smallest absolute Gasteiger partial charge is 0.243 e. The lowest BCUT2D eigenvalue weighted by Crippen LogP contribution is -2.37. The maximum atomic E-state index is 13.3. The Bertz CT molecular complexity index is 1170. The predicted molar refractivity (Wildman–Crippen MR) is 125 cm³/mol. The van der Waals surface area contributed by atoms with Gasteiger partial charge in [-0.25, -0.2) is 8.42 Å². The molecule has 0 aliphatic rings. The number of carbonyl (C=O) groups excluding carboxylic acids is 1. The van der Waals surface area contributed by atoms with E-state index in [1.165, 1.54) is 4.31 Å². The third-order valence-corrected chi connectivity index (χ3v) is 6.97. The van der Waals surface area contributed by atoms with Crippen molar-refractivity contribution in [1.82, 2.24) is 4.31 Å². The van der Waals surface area contributed by atoms with Gasteiger partial charge in [0.25, 0.3) is 0 Å².